The summed E-state index contributed by atoms with van der Waals surface area (Å²) in [6, 6.07) is 16.5. The quantitative estimate of drug-likeness (QED) is 0.642. The first-order chi connectivity index (χ1) is 10.1. The van der Waals surface area contributed by atoms with Gasteiger partial charge in [0.05, 0.1) is 11.4 Å². The van der Waals surface area contributed by atoms with Gasteiger partial charge in [-0.25, -0.2) is 4.68 Å². The number of hydrogen-bond acceptors (Lipinski definition) is 1. The third kappa shape index (κ3) is 2.59. The van der Waals surface area contributed by atoms with E-state index in [9.17, 15) is 0 Å². The van der Waals surface area contributed by atoms with E-state index in [1.165, 1.54) is 11.1 Å². The van der Waals surface area contributed by atoms with Crippen molar-refractivity contribution in [3.05, 3.63) is 70.4 Å². The van der Waals surface area contributed by atoms with Crippen molar-refractivity contribution in [2.24, 2.45) is 0 Å². The second-order valence-corrected chi connectivity index (χ2v) is 5.75. The summed E-state index contributed by atoms with van der Waals surface area (Å²) in [7, 11) is 0. The van der Waals surface area contributed by atoms with E-state index < -0.39 is 0 Å². The molecule has 3 aromatic rings. The van der Waals surface area contributed by atoms with E-state index in [2.05, 4.69) is 44.2 Å². The highest BCUT2D eigenvalue weighted by molar-refractivity contribution is 6.31. The molecule has 0 spiro atoms. The third-order valence-corrected chi connectivity index (χ3v) is 3.99. The van der Waals surface area contributed by atoms with Crippen LogP contribution in [0.15, 0.2) is 48.5 Å². The highest BCUT2D eigenvalue weighted by Gasteiger charge is 2.15. The Morgan fingerprint density at radius 2 is 1.52 bits per heavy atom. The predicted octanol–water partition coefficient (Wildman–Crippen LogP) is 5.12. The van der Waals surface area contributed by atoms with E-state index >= 15 is 0 Å². The third-order valence-electron chi connectivity index (χ3n) is 3.55. The van der Waals surface area contributed by atoms with E-state index in [1.807, 2.05) is 29.8 Å². The first-order valence-corrected chi connectivity index (χ1v) is 7.33. The van der Waals surface area contributed by atoms with Crippen molar-refractivity contribution < 1.29 is 0 Å². The van der Waals surface area contributed by atoms with Crippen molar-refractivity contribution in [1.82, 2.24) is 9.78 Å². The molecule has 0 aliphatic carbocycles. The number of hydrogen-bond donors (Lipinski definition) is 0. The zero-order valence-electron chi connectivity index (χ0n) is 12.4. The predicted molar refractivity (Wildman–Crippen MR) is 88.2 cm³/mol. The molecule has 0 N–H and O–H groups in total. The van der Waals surface area contributed by atoms with Crippen molar-refractivity contribution in [1.29, 1.82) is 0 Å². The Kier molecular flexibility index (Phi) is 3.56. The van der Waals surface area contributed by atoms with Crippen LogP contribution in [0.1, 0.15) is 16.7 Å². The molecule has 21 heavy (non-hydrogen) atoms. The first kappa shape index (κ1) is 13.9. The fourth-order valence-electron chi connectivity index (χ4n) is 2.59. The lowest BCUT2D eigenvalue weighted by molar-refractivity contribution is 0.881. The second-order valence-electron chi connectivity index (χ2n) is 5.39. The van der Waals surface area contributed by atoms with Crippen LogP contribution in [0.2, 0.25) is 5.15 Å². The maximum absolute atomic E-state index is 6.50. The van der Waals surface area contributed by atoms with E-state index in [4.69, 9.17) is 16.7 Å². The van der Waals surface area contributed by atoms with Crippen LogP contribution in [-0.2, 0) is 0 Å². The SMILES string of the molecule is Cc1cc(C)cc(-n2nc(-c3ccccc3)c(C)c2Cl)c1. The van der Waals surface area contributed by atoms with Crippen LogP contribution in [0, 0.1) is 20.8 Å². The molecule has 2 aromatic carbocycles. The number of aryl methyl sites for hydroxylation is 2. The van der Waals surface area contributed by atoms with Gasteiger partial charge in [0.15, 0.2) is 0 Å². The van der Waals surface area contributed by atoms with Crippen molar-refractivity contribution >= 4 is 11.6 Å². The Morgan fingerprint density at radius 1 is 0.905 bits per heavy atom. The Hall–Kier alpha value is -2.06. The smallest absolute Gasteiger partial charge is 0.136 e. The number of benzene rings is 2. The lowest BCUT2D eigenvalue weighted by Gasteiger charge is -2.06. The minimum atomic E-state index is 0.666. The lowest BCUT2D eigenvalue weighted by atomic mass is 10.1. The summed E-state index contributed by atoms with van der Waals surface area (Å²) in [4.78, 5) is 0. The molecule has 0 fully saturated rings. The van der Waals surface area contributed by atoms with Gasteiger partial charge in [0.25, 0.3) is 0 Å². The first-order valence-electron chi connectivity index (χ1n) is 6.95. The maximum atomic E-state index is 6.50. The average Bonchev–Trinajstić information content (AvgIpc) is 2.75. The van der Waals surface area contributed by atoms with Crippen molar-refractivity contribution in [2.45, 2.75) is 20.8 Å². The normalized spacial score (nSPS) is 10.9. The van der Waals surface area contributed by atoms with Gasteiger partial charge in [-0.05, 0) is 44.0 Å². The van der Waals surface area contributed by atoms with E-state index in [1.54, 1.807) is 0 Å². The molecular weight excluding hydrogens is 280 g/mol. The molecule has 0 bridgehead atoms. The van der Waals surface area contributed by atoms with Crippen molar-refractivity contribution in [2.75, 3.05) is 0 Å². The second kappa shape index (κ2) is 5.38. The van der Waals surface area contributed by atoms with Crippen LogP contribution >= 0.6 is 11.6 Å². The molecule has 1 heterocycles. The van der Waals surface area contributed by atoms with Crippen LogP contribution < -0.4 is 0 Å². The van der Waals surface area contributed by atoms with Crippen LogP contribution in [0.5, 0.6) is 0 Å². The summed E-state index contributed by atoms with van der Waals surface area (Å²) in [6.07, 6.45) is 0. The summed E-state index contributed by atoms with van der Waals surface area (Å²) >= 11 is 6.50. The molecule has 1 aromatic heterocycles. The van der Waals surface area contributed by atoms with E-state index in [0.717, 1.165) is 22.5 Å². The van der Waals surface area contributed by atoms with Crippen LogP contribution in [0.3, 0.4) is 0 Å². The number of nitrogens with zero attached hydrogens (tertiary/aromatic N) is 2. The van der Waals surface area contributed by atoms with E-state index in [-0.39, 0.29) is 0 Å². The summed E-state index contributed by atoms with van der Waals surface area (Å²) in [5, 5.41) is 5.38. The molecule has 0 aliphatic rings. The molecule has 106 valence electrons. The maximum Gasteiger partial charge on any atom is 0.136 e. The molecule has 3 rings (SSSR count). The lowest BCUT2D eigenvalue weighted by Crippen LogP contribution is -1.98. The molecule has 0 unspecified atom stereocenters. The van der Waals surface area contributed by atoms with E-state index in [0.29, 0.717) is 5.15 Å². The zero-order valence-corrected chi connectivity index (χ0v) is 13.1. The summed E-state index contributed by atoms with van der Waals surface area (Å²) < 4.78 is 1.82. The van der Waals surface area contributed by atoms with Gasteiger partial charge in [-0.15, -0.1) is 0 Å². The van der Waals surface area contributed by atoms with Gasteiger partial charge in [-0.2, -0.15) is 5.10 Å². The number of aromatic nitrogens is 2. The summed E-state index contributed by atoms with van der Waals surface area (Å²) in [5.41, 5.74) is 6.43. The van der Waals surface area contributed by atoms with Crippen LogP contribution in [0.25, 0.3) is 16.9 Å². The van der Waals surface area contributed by atoms with Crippen LogP contribution in [-0.4, -0.2) is 9.78 Å². The monoisotopic (exact) mass is 296 g/mol. The highest BCUT2D eigenvalue weighted by atomic mass is 35.5. The molecule has 3 heteroatoms. The Labute approximate surface area is 130 Å². The largest absolute Gasteiger partial charge is 0.221 e. The highest BCUT2D eigenvalue weighted by Crippen LogP contribution is 2.30. The van der Waals surface area contributed by atoms with Crippen LogP contribution in [0.4, 0.5) is 0 Å². The topological polar surface area (TPSA) is 17.8 Å². The molecule has 0 saturated carbocycles. The van der Waals surface area contributed by atoms with Gasteiger partial charge < -0.3 is 0 Å². The standard InChI is InChI=1S/C18H17ClN2/c1-12-9-13(2)11-16(10-12)21-18(19)14(3)17(20-21)15-7-5-4-6-8-15/h4-11H,1-3H3. The summed E-state index contributed by atoms with van der Waals surface area (Å²) in [6.45, 7) is 6.18. The van der Waals surface area contributed by atoms with Gasteiger partial charge in [0.2, 0.25) is 0 Å². The van der Waals surface area contributed by atoms with Crippen molar-refractivity contribution in [3.63, 3.8) is 0 Å². The molecule has 0 amide bonds. The molecule has 0 radical (unpaired) electrons. The van der Waals surface area contributed by atoms with Gasteiger partial charge in [-0.3, -0.25) is 0 Å². The fraction of sp³-hybridized carbons (Fsp3) is 0.167. The Balaban J connectivity index is 2.17. The average molecular weight is 297 g/mol. The molecule has 0 aliphatic heterocycles. The van der Waals surface area contributed by atoms with Gasteiger partial charge >= 0.3 is 0 Å². The minimum absolute atomic E-state index is 0.666. The fourth-order valence-corrected chi connectivity index (χ4v) is 2.81. The molecular formula is C18H17ClN2. The van der Waals surface area contributed by atoms with Gasteiger partial charge in [0.1, 0.15) is 5.15 Å². The number of rotatable bonds is 2. The zero-order chi connectivity index (χ0) is 15.0. The Morgan fingerprint density at radius 3 is 2.14 bits per heavy atom. The molecule has 0 atom stereocenters. The molecule has 2 nitrogen and oxygen atoms in total. The Bertz CT molecular complexity index is 768. The molecule has 0 saturated heterocycles. The summed E-state index contributed by atoms with van der Waals surface area (Å²) in [5.74, 6) is 0. The van der Waals surface area contributed by atoms with Gasteiger partial charge in [-0.1, -0.05) is 48.0 Å². The van der Waals surface area contributed by atoms with Crippen molar-refractivity contribution in [3.8, 4) is 16.9 Å². The minimum Gasteiger partial charge on any atom is -0.221 e. The van der Waals surface area contributed by atoms with Gasteiger partial charge in [0, 0.05) is 11.1 Å². The number of halogens is 1.